The van der Waals surface area contributed by atoms with Gasteiger partial charge in [0.1, 0.15) is 24.2 Å². The number of amides is 2. The van der Waals surface area contributed by atoms with E-state index in [1.54, 1.807) is 31.2 Å². The molecule has 3 aromatic rings. The molecule has 0 heterocycles. The first-order chi connectivity index (χ1) is 19.0. The van der Waals surface area contributed by atoms with Crippen LogP contribution in [0.2, 0.25) is 0 Å². The number of hydrogen-bond acceptors (Lipinski definition) is 4. The molecule has 0 aliphatic heterocycles. The minimum absolute atomic E-state index is 0.0378. The van der Waals surface area contributed by atoms with Gasteiger partial charge >= 0.3 is 0 Å². The number of benzene rings is 3. The molecule has 0 aliphatic carbocycles. The summed E-state index contributed by atoms with van der Waals surface area (Å²) >= 11 is 0. The molecule has 0 unspecified atom stereocenters. The van der Waals surface area contributed by atoms with Crippen molar-refractivity contribution >= 4 is 27.5 Å². The Bertz CT molecular complexity index is 1400. The van der Waals surface area contributed by atoms with E-state index in [2.05, 4.69) is 5.32 Å². The molecule has 0 saturated carbocycles. The highest BCUT2D eigenvalue weighted by Gasteiger charge is 2.34. The number of carbonyl (C=O) groups excluding carboxylic acids is 2. The van der Waals surface area contributed by atoms with Crippen LogP contribution in [0.1, 0.15) is 44.7 Å². The average molecular weight is 572 g/mol. The molecule has 10 heteroatoms. The number of hydrogen-bond donors (Lipinski definition) is 1. The van der Waals surface area contributed by atoms with Gasteiger partial charge in [0.05, 0.1) is 10.6 Å². The van der Waals surface area contributed by atoms with Gasteiger partial charge in [-0.3, -0.25) is 13.9 Å². The Labute approximate surface area is 234 Å². The summed E-state index contributed by atoms with van der Waals surface area (Å²) in [5.41, 5.74) is 1.70. The van der Waals surface area contributed by atoms with Crippen molar-refractivity contribution in [2.75, 3.05) is 10.8 Å². The zero-order valence-electron chi connectivity index (χ0n) is 23.1. The van der Waals surface area contributed by atoms with E-state index in [1.165, 1.54) is 29.2 Å². The van der Waals surface area contributed by atoms with Gasteiger partial charge in [-0.2, -0.15) is 0 Å². The summed E-state index contributed by atoms with van der Waals surface area (Å²) in [6.07, 6.45) is 0.954. The molecule has 7 nitrogen and oxygen atoms in total. The summed E-state index contributed by atoms with van der Waals surface area (Å²) in [6, 6.07) is 15.5. The molecular weight excluding hydrogens is 536 g/mol. The van der Waals surface area contributed by atoms with Gasteiger partial charge in [0.25, 0.3) is 10.0 Å². The van der Waals surface area contributed by atoms with Gasteiger partial charge in [-0.25, -0.2) is 17.2 Å². The van der Waals surface area contributed by atoms with Crippen LogP contribution in [0.3, 0.4) is 0 Å². The number of halogens is 2. The lowest BCUT2D eigenvalue weighted by atomic mass is 10.1. The van der Waals surface area contributed by atoms with E-state index < -0.39 is 40.2 Å². The predicted octanol–water partition coefficient (Wildman–Crippen LogP) is 5.19. The van der Waals surface area contributed by atoms with Gasteiger partial charge in [-0.15, -0.1) is 0 Å². The lowest BCUT2D eigenvalue weighted by Crippen LogP contribution is -2.53. The number of anilines is 1. The number of carbonyl (C=O) groups is 2. The van der Waals surface area contributed by atoms with Gasteiger partial charge in [0.2, 0.25) is 11.8 Å². The largest absolute Gasteiger partial charge is 0.352 e. The quantitative estimate of drug-likeness (QED) is 0.324. The molecule has 214 valence electrons. The van der Waals surface area contributed by atoms with Crippen LogP contribution in [0.25, 0.3) is 0 Å². The summed E-state index contributed by atoms with van der Waals surface area (Å²) < 4.78 is 55.6. The van der Waals surface area contributed by atoms with E-state index in [0.717, 1.165) is 34.1 Å². The van der Waals surface area contributed by atoms with Gasteiger partial charge < -0.3 is 10.2 Å². The maximum atomic E-state index is 14.0. The monoisotopic (exact) mass is 571 g/mol. The molecule has 0 fully saturated rings. The SMILES string of the molecule is CC[C@@H](C)NC(=O)[C@@H](CC)N(Cc1ccc(F)cc1)C(=O)CN(c1ccc(C)cc1)S(=O)(=O)c1ccc(F)cc1. The third-order valence-corrected chi connectivity index (χ3v) is 8.44. The molecule has 1 N–H and O–H groups in total. The smallest absolute Gasteiger partial charge is 0.264 e. The summed E-state index contributed by atoms with van der Waals surface area (Å²) in [5, 5.41) is 2.90. The topological polar surface area (TPSA) is 86.8 Å². The van der Waals surface area contributed by atoms with Crippen molar-refractivity contribution in [3.8, 4) is 0 Å². The van der Waals surface area contributed by atoms with Crippen molar-refractivity contribution in [1.82, 2.24) is 10.2 Å². The van der Waals surface area contributed by atoms with E-state index >= 15 is 0 Å². The van der Waals surface area contributed by atoms with Crippen molar-refractivity contribution in [2.24, 2.45) is 0 Å². The Morgan fingerprint density at radius 1 is 0.850 bits per heavy atom. The van der Waals surface area contributed by atoms with Gasteiger partial charge in [-0.1, -0.05) is 43.7 Å². The van der Waals surface area contributed by atoms with E-state index in [4.69, 9.17) is 0 Å². The predicted molar refractivity (Wildman–Crippen MR) is 151 cm³/mol. The fourth-order valence-electron chi connectivity index (χ4n) is 4.12. The zero-order chi connectivity index (χ0) is 29.4. The fraction of sp³-hybridized carbons (Fsp3) is 0.333. The van der Waals surface area contributed by atoms with Crippen LogP contribution in [-0.4, -0.2) is 43.8 Å². The standard InChI is InChI=1S/C30H35F2N3O4S/c1-5-22(4)33-30(37)28(6-2)34(19-23-9-11-24(31)12-10-23)29(36)20-35(26-15-7-21(3)8-16-26)40(38,39)27-17-13-25(32)14-18-27/h7-18,22,28H,5-6,19-20H2,1-4H3,(H,33,37)/t22-,28-/m1/s1. The molecule has 3 aromatic carbocycles. The number of nitrogens with one attached hydrogen (secondary N) is 1. The lowest BCUT2D eigenvalue weighted by molar-refractivity contribution is -0.140. The first kappa shape index (κ1) is 30.7. The third-order valence-electron chi connectivity index (χ3n) is 6.66. The first-order valence-electron chi connectivity index (χ1n) is 13.2. The summed E-state index contributed by atoms with van der Waals surface area (Å²) in [4.78, 5) is 28.3. The van der Waals surface area contributed by atoms with Crippen LogP contribution in [0, 0.1) is 18.6 Å². The molecule has 0 bridgehead atoms. The molecule has 2 amide bonds. The van der Waals surface area contributed by atoms with E-state index in [0.29, 0.717) is 12.0 Å². The maximum absolute atomic E-state index is 14.0. The van der Waals surface area contributed by atoms with Gasteiger partial charge in [0.15, 0.2) is 0 Å². The first-order valence-corrected chi connectivity index (χ1v) is 14.6. The average Bonchev–Trinajstić information content (AvgIpc) is 2.93. The Morgan fingerprint density at radius 2 is 1.40 bits per heavy atom. The molecule has 40 heavy (non-hydrogen) atoms. The highest BCUT2D eigenvalue weighted by Crippen LogP contribution is 2.25. The number of nitrogens with zero attached hydrogens (tertiary/aromatic N) is 2. The fourth-order valence-corrected chi connectivity index (χ4v) is 5.53. The Morgan fingerprint density at radius 3 is 1.93 bits per heavy atom. The molecule has 0 radical (unpaired) electrons. The summed E-state index contributed by atoms with van der Waals surface area (Å²) in [5.74, 6) is -2.03. The van der Waals surface area contributed by atoms with Crippen molar-refractivity contribution in [2.45, 2.75) is 64.1 Å². The number of sulfonamides is 1. The second kappa shape index (κ2) is 13.5. The van der Waals surface area contributed by atoms with Crippen LogP contribution >= 0.6 is 0 Å². The summed E-state index contributed by atoms with van der Waals surface area (Å²) in [7, 11) is -4.30. The molecule has 0 aliphatic rings. The molecular formula is C30H35F2N3O4S. The molecule has 3 rings (SSSR count). The lowest BCUT2D eigenvalue weighted by Gasteiger charge is -2.33. The Kier molecular flexibility index (Phi) is 10.4. The highest BCUT2D eigenvalue weighted by molar-refractivity contribution is 7.92. The minimum Gasteiger partial charge on any atom is -0.352 e. The van der Waals surface area contributed by atoms with Gasteiger partial charge in [-0.05, 0) is 80.8 Å². The van der Waals surface area contributed by atoms with Gasteiger partial charge in [0, 0.05) is 12.6 Å². The molecule has 0 aromatic heterocycles. The maximum Gasteiger partial charge on any atom is 0.264 e. The van der Waals surface area contributed by atoms with Crippen LogP contribution < -0.4 is 9.62 Å². The van der Waals surface area contributed by atoms with Crippen LogP contribution in [0.4, 0.5) is 14.5 Å². The van der Waals surface area contributed by atoms with Crippen molar-refractivity contribution < 1.29 is 26.8 Å². The third kappa shape index (κ3) is 7.65. The van der Waals surface area contributed by atoms with E-state index in [9.17, 15) is 26.8 Å². The zero-order valence-corrected chi connectivity index (χ0v) is 23.9. The Hall–Kier alpha value is -3.79. The van der Waals surface area contributed by atoms with Crippen molar-refractivity contribution in [3.05, 3.63) is 95.6 Å². The number of aryl methyl sites for hydroxylation is 1. The van der Waals surface area contributed by atoms with Crippen LogP contribution in [-0.2, 0) is 26.2 Å². The Balaban J connectivity index is 2.04. The van der Waals surface area contributed by atoms with E-state index in [-0.39, 0.29) is 35.5 Å². The molecule has 0 saturated heterocycles. The molecule has 2 atom stereocenters. The number of rotatable bonds is 12. The van der Waals surface area contributed by atoms with Crippen LogP contribution in [0.5, 0.6) is 0 Å². The van der Waals surface area contributed by atoms with Crippen LogP contribution in [0.15, 0.2) is 77.7 Å². The normalized spacial score (nSPS) is 12.8. The summed E-state index contributed by atoms with van der Waals surface area (Å²) in [6.45, 7) is 6.73. The second-order valence-electron chi connectivity index (χ2n) is 9.69. The minimum atomic E-state index is -4.30. The second-order valence-corrected chi connectivity index (χ2v) is 11.6. The molecule has 0 spiro atoms. The van der Waals surface area contributed by atoms with Crippen molar-refractivity contribution in [3.63, 3.8) is 0 Å². The van der Waals surface area contributed by atoms with Crippen molar-refractivity contribution in [1.29, 1.82) is 0 Å². The highest BCUT2D eigenvalue weighted by atomic mass is 32.2. The van der Waals surface area contributed by atoms with E-state index in [1.807, 2.05) is 20.8 Å².